The molecule has 58 heavy (non-hydrogen) atoms. The van der Waals surface area contributed by atoms with Gasteiger partial charge in [0.15, 0.2) is 0 Å². The molecule has 0 fully saturated rings. The quantitative estimate of drug-likeness (QED) is 0.0324. The summed E-state index contributed by atoms with van der Waals surface area (Å²) in [5, 5.41) is 0. The Balaban J connectivity index is 0.00000629. The Morgan fingerprint density at radius 3 is 0.983 bits per heavy atom. The topological polar surface area (TPSA) is 25.3 Å². The van der Waals surface area contributed by atoms with Crippen molar-refractivity contribution in [1.82, 2.24) is 0 Å². The maximum atomic E-state index is 12.5. The molecule has 2 aromatic carbocycles. The number of allylic oxidation sites excluding steroid dienone is 2. The molecule has 3 heteroatoms. The fourth-order valence-electron chi connectivity index (χ4n) is 8.60. The summed E-state index contributed by atoms with van der Waals surface area (Å²) in [5.41, 5.74) is 27.8. The third-order valence-corrected chi connectivity index (χ3v) is 11.8. The van der Waals surface area contributed by atoms with Crippen LogP contribution < -0.4 is 0 Å². The van der Waals surface area contributed by atoms with Crippen molar-refractivity contribution in [3.05, 3.63) is 99.8 Å². The zero-order valence-corrected chi connectivity index (χ0v) is 40.8. The van der Waals surface area contributed by atoms with Crippen LogP contribution in [0.4, 0.5) is 0 Å². The minimum Gasteiger partial charge on any atom is -0.493 e. The fourth-order valence-corrected chi connectivity index (χ4v) is 8.60. The van der Waals surface area contributed by atoms with E-state index in [2.05, 4.69) is 92.7 Å². The first-order chi connectivity index (χ1) is 28.0. The maximum Gasteiger partial charge on any atom is 2.00 e. The van der Waals surface area contributed by atoms with Crippen LogP contribution in [0, 0.1) is 13.8 Å². The van der Waals surface area contributed by atoms with E-state index >= 15 is 0 Å². The summed E-state index contributed by atoms with van der Waals surface area (Å²) in [6.07, 6.45) is 36.7. The van der Waals surface area contributed by atoms with Gasteiger partial charge >= 0.3 is 16.5 Å². The van der Waals surface area contributed by atoms with Gasteiger partial charge in [-0.2, -0.15) is 13.8 Å². The average molecular weight is 840 g/mol. The van der Waals surface area contributed by atoms with E-state index in [1.54, 1.807) is 51.9 Å². The molecular formula is C55H92N2Ni. The normalized spacial score (nSPS) is 12.2. The van der Waals surface area contributed by atoms with Crippen LogP contribution in [-0.2, 0) is 55.0 Å². The number of nitrogens with zero attached hydrogens (tertiary/aromatic N) is 2. The molecule has 0 N–H and O–H groups in total. The second kappa shape index (κ2) is 35.7. The van der Waals surface area contributed by atoms with E-state index in [9.17, 15) is 5.53 Å². The molecule has 0 aromatic heterocycles. The predicted octanol–water partition coefficient (Wildman–Crippen LogP) is 18.1. The predicted molar refractivity (Wildman–Crippen MR) is 257 cm³/mol. The van der Waals surface area contributed by atoms with Crippen LogP contribution in [0.3, 0.4) is 0 Å². The second-order valence-corrected chi connectivity index (χ2v) is 16.5. The van der Waals surface area contributed by atoms with Crippen LogP contribution in [0.15, 0.2) is 35.9 Å². The summed E-state index contributed by atoms with van der Waals surface area (Å²) < 4.78 is 1.64. The van der Waals surface area contributed by atoms with Crippen LogP contribution in [0.2, 0.25) is 0 Å². The third-order valence-electron chi connectivity index (χ3n) is 11.8. The third kappa shape index (κ3) is 19.2. The number of aryl methyl sites for hydroxylation is 4. The zero-order chi connectivity index (χ0) is 42.3. The molecule has 2 nitrogen and oxygen atoms in total. The van der Waals surface area contributed by atoms with Gasteiger partial charge in [-0.25, -0.2) is 4.70 Å². The van der Waals surface area contributed by atoms with Crippen molar-refractivity contribution in [3.63, 3.8) is 0 Å². The molecule has 0 saturated heterocycles. The molecule has 0 aliphatic carbocycles. The van der Waals surface area contributed by atoms with Crippen molar-refractivity contribution in [3.8, 4) is 0 Å². The van der Waals surface area contributed by atoms with E-state index in [0.717, 1.165) is 49.9 Å². The Kier molecular flexibility index (Phi) is 34.5. The van der Waals surface area contributed by atoms with Crippen molar-refractivity contribution in [1.29, 1.82) is 0 Å². The van der Waals surface area contributed by atoms with Crippen LogP contribution in [0.1, 0.15) is 248 Å². The molecule has 1 aliphatic heterocycles. The van der Waals surface area contributed by atoms with Crippen molar-refractivity contribution >= 4 is 11.4 Å². The largest absolute Gasteiger partial charge is 2.00 e. The van der Waals surface area contributed by atoms with Gasteiger partial charge in [-0.3, -0.25) is 0 Å². The standard InChI is InChI=1S/C51H82N2.2C2H5.Ni/c1-8-15-22-29-41-36-46(37-42(30-23-16-9-2)48(41)34-27-20-13-6)50-40-45(33-26-19-12-5)51(53(50)52)47-38-43(31-24-17-10-3)49(35-28-21-14-7)44(39-47)32-25-18-11-4;2*1-2;/h36-40H,8-35H2,1-7H3;2*1H2,2H3;/q;2*-1;+2. The van der Waals surface area contributed by atoms with Crippen LogP contribution in [0.5, 0.6) is 0 Å². The summed E-state index contributed by atoms with van der Waals surface area (Å²) in [6.45, 7) is 26.2. The van der Waals surface area contributed by atoms with E-state index in [1.165, 1.54) is 158 Å². The Bertz CT molecular complexity index is 1370. The Morgan fingerprint density at radius 2 is 0.672 bits per heavy atom. The molecule has 3 rings (SSSR count). The zero-order valence-electron chi connectivity index (χ0n) is 39.8. The van der Waals surface area contributed by atoms with E-state index in [-0.39, 0.29) is 16.5 Å². The summed E-state index contributed by atoms with van der Waals surface area (Å²) in [7, 11) is 0. The molecule has 0 spiro atoms. The van der Waals surface area contributed by atoms with Gasteiger partial charge < -0.3 is 19.4 Å². The van der Waals surface area contributed by atoms with E-state index in [0.29, 0.717) is 0 Å². The van der Waals surface area contributed by atoms with Gasteiger partial charge in [0.2, 0.25) is 11.4 Å². The van der Waals surface area contributed by atoms with Crippen molar-refractivity contribution in [2.45, 2.75) is 242 Å². The number of unbranched alkanes of at least 4 members (excludes halogenated alkanes) is 14. The molecule has 0 unspecified atom stereocenters. The van der Waals surface area contributed by atoms with E-state index in [1.807, 2.05) is 0 Å². The van der Waals surface area contributed by atoms with Crippen LogP contribution >= 0.6 is 0 Å². The van der Waals surface area contributed by atoms with Crippen molar-refractivity contribution < 1.29 is 21.2 Å². The smallest absolute Gasteiger partial charge is 0.493 e. The van der Waals surface area contributed by atoms with E-state index < -0.39 is 0 Å². The van der Waals surface area contributed by atoms with Crippen molar-refractivity contribution in [2.75, 3.05) is 0 Å². The Labute approximate surface area is 372 Å². The van der Waals surface area contributed by atoms with Gasteiger partial charge in [0.05, 0.1) is 0 Å². The molecule has 1 heterocycles. The van der Waals surface area contributed by atoms with Gasteiger partial charge in [-0.15, -0.1) is 0 Å². The summed E-state index contributed by atoms with van der Waals surface area (Å²) in [6, 6.07) is 10.0. The number of rotatable bonds is 30. The molecule has 0 atom stereocenters. The van der Waals surface area contributed by atoms with Gasteiger partial charge in [-0.1, -0.05) is 138 Å². The number of hydrogen-bond acceptors (Lipinski definition) is 0. The number of benzene rings is 2. The first-order valence-corrected chi connectivity index (χ1v) is 24.6. The summed E-state index contributed by atoms with van der Waals surface area (Å²) in [5.74, 6) is 0. The maximum absolute atomic E-state index is 12.5. The molecule has 0 saturated carbocycles. The van der Waals surface area contributed by atoms with Crippen LogP contribution in [0.25, 0.3) is 16.9 Å². The first kappa shape index (κ1) is 56.0. The summed E-state index contributed by atoms with van der Waals surface area (Å²) >= 11 is 0. The SMILES string of the molecule is CCCCCC1=C(c2cc(CCCCC)c(CCCCC)c(CCCCC)c2)[N+](=[N-])C(c2cc(CCCCC)c(CCCCC)c(CCCCC)c2)=C1.[CH2-]C.[CH2-]C.[Ni+2]. The molecule has 0 radical (unpaired) electrons. The molecule has 332 valence electrons. The molecular weight excluding hydrogens is 747 g/mol. The van der Waals surface area contributed by atoms with Gasteiger partial charge in [0, 0.05) is 22.8 Å². The second-order valence-electron chi connectivity index (χ2n) is 16.5. The van der Waals surface area contributed by atoms with Gasteiger partial charge in [-0.05, 0) is 148 Å². The van der Waals surface area contributed by atoms with E-state index in [4.69, 9.17) is 0 Å². The molecule has 1 aliphatic rings. The minimum absolute atomic E-state index is 0. The average Bonchev–Trinajstić information content (AvgIpc) is 3.56. The molecule has 0 bridgehead atoms. The summed E-state index contributed by atoms with van der Waals surface area (Å²) in [4.78, 5) is 0. The number of hydrogen-bond donors (Lipinski definition) is 0. The Morgan fingerprint density at radius 1 is 0.397 bits per heavy atom. The van der Waals surface area contributed by atoms with Crippen LogP contribution in [-0.4, -0.2) is 4.70 Å². The van der Waals surface area contributed by atoms with Gasteiger partial charge in [0.25, 0.3) is 0 Å². The Hall–Kier alpha value is -1.99. The minimum atomic E-state index is 0. The first-order valence-electron chi connectivity index (χ1n) is 24.6. The monoisotopic (exact) mass is 839 g/mol. The molecule has 0 amide bonds. The fraction of sp³-hybridized carbons (Fsp3) is 0.673. The molecule has 2 aromatic rings. The van der Waals surface area contributed by atoms with Crippen molar-refractivity contribution in [2.24, 2.45) is 0 Å². The van der Waals surface area contributed by atoms with Gasteiger partial charge in [0.1, 0.15) is 0 Å².